The Morgan fingerprint density at radius 3 is 2.24 bits per heavy atom. The van der Waals surface area contributed by atoms with Crippen LogP contribution in [0.1, 0.15) is 33.1 Å². The maximum absolute atomic E-state index is 12.9. The largest absolute Gasteiger partial charge is 0.457 e. The van der Waals surface area contributed by atoms with Gasteiger partial charge in [0.1, 0.15) is 23.4 Å². The smallest absolute Gasteiger partial charge is 0.247 e. The highest BCUT2D eigenvalue weighted by atomic mass is 19.1. The first kappa shape index (κ1) is 22.1. The molecular formula is C23H27FN2O3. The van der Waals surface area contributed by atoms with E-state index in [1.165, 1.54) is 41.7 Å². The highest BCUT2D eigenvalue weighted by Crippen LogP contribution is 2.24. The normalized spacial score (nSPS) is 15.1. The summed E-state index contributed by atoms with van der Waals surface area (Å²) in [6.45, 7) is 8.29. The van der Waals surface area contributed by atoms with Crippen molar-refractivity contribution < 1.29 is 18.7 Å². The highest BCUT2D eigenvalue weighted by molar-refractivity contribution is 5.99. The van der Waals surface area contributed by atoms with Gasteiger partial charge in [0.2, 0.25) is 11.8 Å². The van der Waals surface area contributed by atoms with Crippen LogP contribution in [0.2, 0.25) is 0 Å². The van der Waals surface area contributed by atoms with Gasteiger partial charge in [0.25, 0.3) is 0 Å². The first-order chi connectivity index (χ1) is 14.0. The van der Waals surface area contributed by atoms with Crippen LogP contribution in [0.25, 0.3) is 0 Å². The zero-order chi connectivity index (χ0) is 21.2. The molecule has 154 valence electrons. The monoisotopic (exact) mass is 398 g/mol. The number of likely N-dealkylation sites (tertiary alicyclic amines) is 1. The molecule has 0 unspecified atom stereocenters. The van der Waals surface area contributed by atoms with Gasteiger partial charge in [-0.05, 0) is 67.4 Å². The third-order valence-electron chi connectivity index (χ3n) is 4.18. The molecule has 2 amide bonds. The Hall–Kier alpha value is -3.15. The van der Waals surface area contributed by atoms with Gasteiger partial charge in [0, 0.05) is 12.2 Å². The third kappa shape index (κ3) is 6.45. The number of amides is 2. The highest BCUT2D eigenvalue weighted by Gasteiger charge is 2.32. The molecule has 6 heteroatoms. The number of benzene rings is 2. The van der Waals surface area contributed by atoms with E-state index in [0.717, 1.165) is 6.42 Å². The number of carbonyl (C=O) groups is 2. The Bertz CT molecular complexity index is 819. The molecule has 1 fully saturated rings. The second kappa shape index (κ2) is 11.0. The van der Waals surface area contributed by atoms with E-state index >= 15 is 0 Å². The number of nitrogens with zero attached hydrogens (tertiary/aromatic N) is 1. The molecule has 2 aromatic carbocycles. The zero-order valence-electron chi connectivity index (χ0n) is 16.9. The molecule has 5 nitrogen and oxygen atoms in total. The summed E-state index contributed by atoms with van der Waals surface area (Å²) in [6, 6.07) is 12.1. The Balaban J connectivity index is 0.000000941. The Morgan fingerprint density at radius 1 is 1.14 bits per heavy atom. The minimum absolute atomic E-state index is 0.218. The van der Waals surface area contributed by atoms with E-state index in [0.29, 0.717) is 30.2 Å². The molecule has 29 heavy (non-hydrogen) atoms. The van der Waals surface area contributed by atoms with Crippen LogP contribution in [0.15, 0.2) is 61.2 Å². The third-order valence-corrected chi connectivity index (χ3v) is 4.18. The number of hydrogen-bond donors (Lipinski definition) is 1. The van der Waals surface area contributed by atoms with Crippen molar-refractivity contribution in [2.24, 2.45) is 0 Å². The van der Waals surface area contributed by atoms with Gasteiger partial charge in [-0.15, -0.1) is 0 Å². The summed E-state index contributed by atoms with van der Waals surface area (Å²) in [4.78, 5) is 25.8. The Labute approximate surface area is 171 Å². The molecule has 2 aromatic rings. The number of rotatable bonds is 5. The fraction of sp³-hybridized carbons (Fsp3) is 0.304. The first-order valence-corrected chi connectivity index (χ1v) is 9.75. The van der Waals surface area contributed by atoms with Crippen LogP contribution in [0.3, 0.4) is 0 Å². The van der Waals surface area contributed by atoms with Crippen molar-refractivity contribution in [1.29, 1.82) is 0 Å². The lowest BCUT2D eigenvalue weighted by molar-refractivity contribution is -0.132. The predicted molar refractivity (Wildman–Crippen MR) is 112 cm³/mol. The molecule has 0 radical (unpaired) electrons. The summed E-state index contributed by atoms with van der Waals surface area (Å²) in [7, 11) is 0. The second-order valence-corrected chi connectivity index (χ2v) is 6.67. The van der Waals surface area contributed by atoms with E-state index in [1.54, 1.807) is 24.3 Å². The number of nitrogens with one attached hydrogen (secondary N) is 1. The summed E-state index contributed by atoms with van der Waals surface area (Å²) >= 11 is 0. The first-order valence-electron chi connectivity index (χ1n) is 9.75. The topological polar surface area (TPSA) is 58.6 Å². The van der Waals surface area contributed by atoms with Crippen molar-refractivity contribution in [2.45, 2.75) is 39.2 Å². The van der Waals surface area contributed by atoms with Gasteiger partial charge >= 0.3 is 0 Å². The summed E-state index contributed by atoms with van der Waals surface area (Å²) < 4.78 is 18.5. The van der Waals surface area contributed by atoms with Crippen LogP contribution < -0.4 is 10.1 Å². The molecule has 1 N–H and O–H groups in total. The summed E-state index contributed by atoms with van der Waals surface area (Å²) in [5, 5.41) is 2.82. The number of halogens is 1. The van der Waals surface area contributed by atoms with Gasteiger partial charge in [-0.25, -0.2) is 4.39 Å². The summed E-state index contributed by atoms with van der Waals surface area (Å²) in [5.41, 5.74) is 0.611. The molecule has 3 rings (SSSR count). The fourth-order valence-corrected chi connectivity index (χ4v) is 2.89. The van der Waals surface area contributed by atoms with Crippen LogP contribution >= 0.6 is 0 Å². The SMILES string of the molecule is C=CC(=O)N1CCC[C@H]1C(=O)Nc1ccc(Oc2ccc(F)cc2)cc1.CCC. The average Bonchev–Trinajstić information content (AvgIpc) is 3.21. The van der Waals surface area contributed by atoms with Crippen LogP contribution in [0.5, 0.6) is 11.5 Å². The van der Waals surface area contributed by atoms with E-state index in [4.69, 9.17) is 4.74 Å². The van der Waals surface area contributed by atoms with Crippen LogP contribution in [0, 0.1) is 5.82 Å². The van der Waals surface area contributed by atoms with Gasteiger partial charge in [-0.3, -0.25) is 9.59 Å². The lowest BCUT2D eigenvalue weighted by atomic mass is 10.2. The van der Waals surface area contributed by atoms with E-state index < -0.39 is 6.04 Å². The number of carbonyl (C=O) groups excluding carboxylic acids is 2. The van der Waals surface area contributed by atoms with Gasteiger partial charge in [-0.2, -0.15) is 0 Å². The van der Waals surface area contributed by atoms with Crippen molar-refractivity contribution >= 4 is 17.5 Å². The molecule has 0 bridgehead atoms. The predicted octanol–water partition coefficient (Wildman–Crippen LogP) is 5.15. The molecule has 0 saturated carbocycles. The van der Waals surface area contributed by atoms with Gasteiger partial charge < -0.3 is 15.0 Å². The molecule has 1 heterocycles. The molecular weight excluding hydrogens is 371 g/mol. The van der Waals surface area contributed by atoms with Gasteiger partial charge in [0.05, 0.1) is 0 Å². The fourth-order valence-electron chi connectivity index (χ4n) is 2.89. The quantitative estimate of drug-likeness (QED) is 0.709. The molecule has 1 aliphatic rings. The van der Waals surface area contributed by atoms with E-state index in [9.17, 15) is 14.0 Å². The lowest BCUT2D eigenvalue weighted by Gasteiger charge is -2.22. The maximum Gasteiger partial charge on any atom is 0.247 e. The average molecular weight is 398 g/mol. The Morgan fingerprint density at radius 2 is 1.69 bits per heavy atom. The summed E-state index contributed by atoms with van der Waals surface area (Å²) in [5.74, 6) is 0.313. The Kier molecular flexibility index (Phi) is 8.40. The standard InChI is InChI=1S/C20H19FN2O3.C3H8/c1-2-19(24)23-13-3-4-18(23)20(25)22-15-7-11-17(12-8-15)26-16-9-5-14(21)6-10-16;1-3-2/h2,5-12,18H,1,3-4,13H2,(H,22,25);3H2,1-2H3/t18-;/m0./s1. The number of hydrogen-bond acceptors (Lipinski definition) is 3. The molecule has 0 aliphatic carbocycles. The van der Waals surface area contributed by atoms with Crippen molar-refractivity contribution in [3.63, 3.8) is 0 Å². The second-order valence-electron chi connectivity index (χ2n) is 6.67. The van der Waals surface area contributed by atoms with E-state index in [2.05, 4.69) is 25.7 Å². The zero-order valence-corrected chi connectivity index (χ0v) is 16.9. The maximum atomic E-state index is 12.9. The number of anilines is 1. The van der Waals surface area contributed by atoms with E-state index in [1.807, 2.05) is 0 Å². The van der Waals surface area contributed by atoms with Gasteiger partial charge in [0.15, 0.2) is 0 Å². The minimum atomic E-state index is -0.476. The minimum Gasteiger partial charge on any atom is -0.457 e. The van der Waals surface area contributed by atoms with E-state index in [-0.39, 0.29) is 17.6 Å². The van der Waals surface area contributed by atoms with Crippen LogP contribution in [-0.2, 0) is 9.59 Å². The molecule has 1 saturated heterocycles. The number of ether oxygens (including phenoxy) is 1. The van der Waals surface area contributed by atoms with Gasteiger partial charge in [-0.1, -0.05) is 26.8 Å². The molecule has 0 aromatic heterocycles. The molecule has 0 spiro atoms. The lowest BCUT2D eigenvalue weighted by Crippen LogP contribution is -2.42. The van der Waals surface area contributed by atoms with Crippen molar-refractivity contribution in [3.8, 4) is 11.5 Å². The van der Waals surface area contributed by atoms with Crippen LogP contribution in [-0.4, -0.2) is 29.3 Å². The summed E-state index contributed by atoms with van der Waals surface area (Å²) in [6.07, 6.45) is 3.91. The van der Waals surface area contributed by atoms with Crippen LogP contribution in [0.4, 0.5) is 10.1 Å². The molecule has 1 atom stereocenters. The molecule has 1 aliphatic heterocycles. The van der Waals surface area contributed by atoms with Crippen molar-refractivity contribution in [3.05, 3.63) is 67.0 Å². The van der Waals surface area contributed by atoms with Crippen molar-refractivity contribution in [1.82, 2.24) is 4.90 Å². The van der Waals surface area contributed by atoms with Crippen molar-refractivity contribution in [2.75, 3.05) is 11.9 Å².